The molecule has 2 aromatic rings. The molecule has 0 bridgehead atoms. The van der Waals surface area contributed by atoms with E-state index in [2.05, 4.69) is 19.2 Å². The molecule has 1 unspecified atom stereocenters. The molecule has 0 spiro atoms. The Bertz CT molecular complexity index is 551. The van der Waals surface area contributed by atoms with Gasteiger partial charge in [0.05, 0.1) is 0 Å². The second-order valence-corrected chi connectivity index (χ2v) is 5.23. The van der Waals surface area contributed by atoms with Gasteiger partial charge in [-0.15, -0.1) is 0 Å². The van der Waals surface area contributed by atoms with Crippen molar-refractivity contribution in [3.63, 3.8) is 0 Å². The van der Waals surface area contributed by atoms with Gasteiger partial charge >= 0.3 is 0 Å². The first kappa shape index (κ1) is 14.3. The third-order valence-electron chi connectivity index (χ3n) is 3.53. The average Bonchev–Trinajstić information content (AvgIpc) is 2.49. The molecule has 0 aliphatic rings. The lowest BCUT2D eigenvalue weighted by molar-refractivity contribution is 0.102. The summed E-state index contributed by atoms with van der Waals surface area (Å²) in [6.07, 6.45) is 2.24. The van der Waals surface area contributed by atoms with Crippen molar-refractivity contribution in [1.82, 2.24) is 0 Å². The number of benzene rings is 2. The Morgan fingerprint density at radius 3 is 2.35 bits per heavy atom. The summed E-state index contributed by atoms with van der Waals surface area (Å²) in [5.41, 5.74) is 2.80. The van der Waals surface area contributed by atoms with E-state index in [1.807, 2.05) is 54.6 Å². The average molecular weight is 269 g/mol. The van der Waals surface area contributed by atoms with Crippen LogP contribution in [0.5, 0.6) is 0 Å². The SMILES string of the molecule is CCC(C)Cc1ccc(C(=O)Nc2ccccc2)cc1.[HH]. The van der Waals surface area contributed by atoms with Crippen LogP contribution in [0.4, 0.5) is 5.69 Å². The van der Waals surface area contributed by atoms with Crippen molar-refractivity contribution < 1.29 is 6.22 Å². The van der Waals surface area contributed by atoms with Gasteiger partial charge in [0, 0.05) is 12.7 Å². The van der Waals surface area contributed by atoms with Crippen LogP contribution in [0.1, 0.15) is 37.6 Å². The molecule has 2 aromatic carbocycles. The van der Waals surface area contributed by atoms with Gasteiger partial charge in [-0.1, -0.05) is 50.6 Å². The van der Waals surface area contributed by atoms with Crippen molar-refractivity contribution in [2.75, 3.05) is 5.32 Å². The van der Waals surface area contributed by atoms with Gasteiger partial charge in [0.1, 0.15) is 0 Å². The second-order valence-electron chi connectivity index (χ2n) is 5.23. The summed E-state index contributed by atoms with van der Waals surface area (Å²) in [7, 11) is 0. The van der Waals surface area contributed by atoms with Crippen LogP contribution in [0.25, 0.3) is 0 Å². The summed E-state index contributed by atoms with van der Waals surface area (Å²) in [6.45, 7) is 4.45. The number of nitrogens with one attached hydrogen (secondary N) is 1. The molecule has 1 N–H and O–H groups in total. The van der Waals surface area contributed by atoms with E-state index in [4.69, 9.17) is 0 Å². The standard InChI is InChI=1S/C18H21NO.H2/c1-3-14(2)13-15-9-11-16(12-10-15)18(20)19-17-7-5-4-6-8-17;/h4-12,14H,3,13H2,1-2H3,(H,19,20);1H. The number of para-hydroxylation sites is 1. The van der Waals surface area contributed by atoms with E-state index in [-0.39, 0.29) is 7.33 Å². The van der Waals surface area contributed by atoms with Gasteiger partial charge < -0.3 is 5.32 Å². The van der Waals surface area contributed by atoms with Gasteiger partial charge in [-0.2, -0.15) is 0 Å². The van der Waals surface area contributed by atoms with Crippen molar-refractivity contribution >= 4 is 11.6 Å². The van der Waals surface area contributed by atoms with Crippen LogP contribution in [0.3, 0.4) is 0 Å². The van der Waals surface area contributed by atoms with Gasteiger partial charge in [-0.3, -0.25) is 4.79 Å². The monoisotopic (exact) mass is 269 g/mol. The summed E-state index contributed by atoms with van der Waals surface area (Å²) in [5, 5.41) is 2.89. The number of carbonyl (C=O) groups is 1. The number of rotatable bonds is 5. The first-order valence-electron chi connectivity index (χ1n) is 7.14. The third-order valence-corrected chi connectivity index (χ3v) is 3.53. The quantitative estimate of drug-likeness (QED) is 0.832. The molecule has 20 heavy (non-hydrogen) atoms. The third kappa shape index (κ3) is 3.95. The number of anilines is 1. The van der Waals surface area contributed by atoms with E-state index in [9.17, 15) is 4.79 Å². The lowest BCUT2D eigenvalue weighted by Gasteiger charge is -2.09. The number of hydrogen-bond donors (Lipinski definition) is 1. The summed E-state index contributed by atoms with van der Waals surface area (Å²) < 4.78 is 0. The predicted octanol–water partition coefficient (Wildman–Crippen LogP) is 4.77. The zero-order valence-electron chi connectivity index (χ0n) is 12.1. The molecule has 1 atom stereocenters. The second kappa shape index (κ2) is 6.90. The highest BCUT2D eigenvalue weighted by atomic mass is 16.1. The highest BCUT2D eigenvalue weighted by Gasteiger charge is 2.06. The van der Waals surface area contributed by atoms with E-state index in [0.717, 1.165) is 12.1 Å². The smallest absolute Gasteiger partial charge is 0.255 e. The number of carbonyl (C=O) groups excluding carboxylic acids is 1. The molecule has 0 saturated carbocycles. The van der Waals surface area contributed by atoms with Crippen LogP contribution in [0.15, 0.2) is 54.6 Å². The van der Waals surface area contributed by atoms with Gasteiger partial charge in [0.2, 0.25) is 0 Å². The molecule has 0 heterocycles. The topological polar surface area (TPSA) is 29.1 Å². The lowest BCUT2D eigenvalue weighted by atomic mass is 9.98. The summed E-state index contributed by atoms with van der Waals surface area (Å²) >= 11 is 0. The fourth-order valence-electron chi connectivity index (χ4n) is 2.06. The Morgan fingerprint density at radius 1 is 1.10 bits per heavy atom. The van der Waals surface area contributed by atoms with Crippen molar-refractivity contribution in [1.29, 1.82) is 0 Å². The van der Waals surface area contributed by atoms with Crippen molar-refractivity contribution in [3.8, 4) is 0 Å². The van der Waals surface area contributed by atoms with Gasteiger partial charge in [-0.25, -0.2) is 0 Å². The lowest BCUT2D eigenvalue weighted by Crippen LogP contribution is -2.11. The van der Waals surface area contributed by atoms with Crippen LogP contribution in [0, 0.1) is 5.92 Å². The highest BCUT2D eigenvalue weighted by Crippen LogP contribution is 2.14. The minimum Gasteiger partial charge on any atom is -0.322 e. The zero-order valence-corrected chi connectivity index (χ0v) is 12.1. The van der Waals surface area contributed by atoms with Crippen LogP contribution in [-0.4, -0.2) is 5.91 Å². The molecule has 1 amide bonds. The first-order chi connectivity index (χ1) is 9.69. The Labute approximate surface area is 122 Å². The minimum absolute atomic E-state index is 0. The Morgan fingerprint density at radius 2 is 1.75 bits per heavy atom. The molecule has 2 heteroatoms. The first-order valence-corrected chi connectivity index (χ1v) is 7.14. The molecule has 2 nitrogen and oxygen atoms in total. The zero-order chi connectivity index (χ0) is 14.4. The van der Waals surface area contributed by atoms with Gasteiger partial charge in [0.25, 0.3) is 5.91 Å². The van der Waals surface area contributed by atoms with Crippen LogP contribution < -0.4 is 5.32 Å². The summed E-state index contributed by atoms with van der Waals surface area (Å²) in [4.78, 5) is 12.1. The Hall–Kier alpha value is -2.09. The normalized spacial score (nSPS) is 11.9. The maximum absolute atomic E-state index is 12.1. The minimum atomic E-state index is -0.0636. The van der Waals surface area contributed by atoms with Crippen LogP contribution in [-0.2, 0) is 6.42 Å². The van der Waals surface area contributed by atoms with Crippen LogP contribution in [0.2, 0.25) is 0 Å². The highest BCUT2D eigenvalue weighted by molar-refractivity contribution is 6.04. The van der Waals surface area contributed by atoms with Gasteiger partial charge in [0.15, 0.2) is 0 Å². The van der Waals surface area contributed by atoms with Crippen molar-refractivity contribution in [3.05, 3.63) is 65.7 Å². The Kier molecular flexibility index (Phi) is 4.94. The molecule has 0 fully saturated rings. The molecule has 0 aromatic heterocycles. The van der Waals surface area contributed by atoms with E-state index in [1.165, 1.54) is 12.0 Å². The maximum Gasteiger partial charge on any atom is 0.255 e. The molecule has 0 radical (unpaired) electrons. The number of hydrogen-bond acceptors (Lipinski definition) is 1. The maximum atomic E-state index is 12.1. The molecule has 106 valence electrons. The molecule has 2 rings (SSSR count). The molecule has 0 aliphatic carbocycles. The van der Waals surface area contributed by atoms with E-state index in [0.29, 0.717) is 11.5 Å². The molecule has 0 aliphatic heterocycles. The summed E-state index contributed by atoms with van der Waals surface area (Å²) in [6, 6.07) is 17.4. The van der Waals surface area contributed by atoms with E-state index < -0.39 is 0 Å². The van der Waals surface area contributed by atoms with E-state index >= 15 is 0 Å². The van der Waals surface area contributed by atoms with Crippen molar-refractivity contribution in [2.24, 2.45) is 5.92 Å². The largest absolute Gasteiger partial charge is 0.322 e. The van der Waals surface area contributed by atoms with Crippen molar-refractivity contribution in [2.45, 2.75) is 26.7 Å². The summed E-state index contributed by atoms with van der Waals surface area (Å²) in [5.74, 6) is 0.616. The predicted molar refractivity (Wildman–Crippen MR) is 86.1 cm³/mol. The molecular formula is C18H23NO. The fraction of sp³-hybridized carbons (Fsp3) is 0.278. The van der Waals surface area contributed by atoms with Crippen LogP contribution >= 0.6 is 0 Å². The number of amides is 1. The van der Waals surface area contributed by atoms with Gasteiger partial charge in [-0.05, 0) is 42.2 Å². The van der Waals surface area contributed by atoms with E-state index in [1.54, 1.807) is 0 Å². The fourth-order valence-corrected chi connectivity index (χ4v) is 2.06. The Balaban J connectivity index is 0.00000220. The molecule has 0 saturated heterocycles. The molecular weight excluding hydrogens is 246 g/mol.